The maximum atomic E-state index is 5.54. The molecule has 0 aromatic carbocycles. The largest absolute Gasteiger partial charge is 0.366 e. The molecule has 0 saturated heterocycles. The van der Waals surface area contributed by atoms with Gasteiger partial charge in [-0.1, -0.05) is 20.8 Å². The quantitative estimate of drug-likeness (QED) is 0.707. The molecule has 0 aliphatic heterocycles. The number of nitrogens with two attached hydrogens (primary N) is 1. The van der Waals surface area contributed by atoms with Gasteiger partial charge in [-0.15, -0.1) is 5.10 Å². The molecular formula is C12H15N7. The molecule has 19 heavy (non-hydrogen) atoms. The first-order valence-electron chi connectivity index (χ1n) is 5.97. The van der Waals surface area contributed by atoms with Crippen molar-refractivity contribution in [3.8, 4) is 5.82 Å². The van der Waals surface area contributed by atoms with E-state index in [1.165, 1.54) is 0 Å². The van der Waals surface area contributed by atoms with Crippen LogP contribution in [-0.2, 0) is 5.41 Å². The summed E-state index contributed by atoms with van der Waals surface area (Å²) in [6, 6.07) is 2.01. The van der Waals surface area contributed by atoms with Crippen molar-refractivity contribution in [2.45, 2.75) is 26.2 Å². The molecule has 0 saturated carbocycles. The van der Waals surface area contributed by atoms with Gasteiger partial charge in [0.05, 0.1) is 5.69 Å². The van der Waals surface area contributed by atoms with Gasteiger partial charge < -0.3 is 5.73 Å². The second kappa shape index (κ2) is 3.78. The molecule has 7 nitrogen and oxygen atoms in total. The van der Waals surface area contributed by atoms with Gasteiger partial charge in [-0.3, -0.25) is 0 Å². The highest BCUT2D eigenvalue weighted by Crippen LogP contribution is 2.23. The van der Waals surface area contributed by atoms with E-state index in [-0.39, 0.29) is 11.4 Å². The summed E-state index contributed by atoms with van der Waals surface area (Å²) < 4.78 is 3.35. The molecule has 98 valence electrons. The van der Waals surface area contributed by atoms with Gasteiger partial charge in [0.15, 0.2) is 5.82 Å². The minimum atomic E-state index is -0.0231. The summed E-state index contributed by atoms with van der Waals surface area (Å²) in [5.74, 6) is 0.883. The minimum Gasteiger partial charge on any atom is -0.366 e. The van der Waals surface area contributed by atoms with Crippen molar-refractivity contribution >= 4 is 11.5 Å². The molecule has 3 aromatic heterocycles. The molecule has 3 heterocycles. The number of nitrogens with zero attached hydrogens (tertiary/aromatic N) is 6. The summed E-state index contributed by atoms with van der Waals surface area (Å²) in [4.78, 5) is 8.25. The Morgan fingerprint density at radius 2 is 1.95 bits per heavy atom. The molecule has 3 rings (SSSR count). The first-order valence-corrected chi connectivity index (χ1v) is 5.97. The fraction of sp³-hybridized carbons (Fsp3) is 0.333. The third-order valence-corrected chi connectivity index (χ3v) is 2.86. The van der Waals surface area contributed by atoms with Crippen LogP contribution in [0.3, 0.4) is 0 Å². The summed E-state index contributed by atoms with van der Waals surface area (Å²) >= 11 is 0. The van der Waals surface area contributed by atoms with Crippen LogP contribution in [0.1, 0.15) is 26.5 Å². The SMILES string of the molecule is CC(C)(C)c1cc2c(-n3cnc(N)n3)nccn2n1. The topological polar surface area (TPSA) is 86.9 Å². The van der Waals surface area contributed by atoms with Crippen LogP contribution in [0, 0.1) is 0 Å². The van der Waals surface area contributed by atoms with Crippen LogP contribution in [0.4, 0.5) is 5.95 Å². The molecule has 0 aliphatic carbocycles. The van der Waals surface area contributed by atoms with E-state index < -0.39 is 0 Å². The van der Waals surface area contributed by atoms with Gasteiger partial charge >= 0.3 is 0 Å². The van der Waals surface area contributed by atoms with Gasteiger partial charge in [-0.25, -0.2) is 14.5 Å². The van der Waals surface area contributed by atoms with Crippen LogP contribution in [0.25, 0.3) is 11.3 Å². The van der Waals surface area contributed by atoms with Crippen molar-refractivity contribution in [2.24, 2.45) is 0 Å². The van der Waals surface area contributed by atoms with E-state index in [9.17, 15) is 0 Å². The molecule has 0 unspecified atom stereocenters. The molecule has 0 radical (unpaired) electrons. The summed E-state index contributed by atoms with van der Waals surface area (Å²) in [6.45, 7) is 6.36. The molecule has 0 atom stereocenters. The van der Waals surface area contributed by atoms with Crippen molar-refractivity contribution in [1.82, 2.24) is 29.4 Å². The average Bonchev–Trinajstić information content (AvgIpc) is 2.93. The number of fused-ring (bicyclic) bond motifs is 1. The number of hydrogen-bond donors (Lipinski definition) is 1. The monoisotopic (exact) mass is 257 g/mol. The molecule has 0 fully saturated rings. The predicted molar refractivity (Wildman–Crippen MR) is 71.0 cm³/mol. The molecule has 2 N–H and O–H groups in total. The lowest BCUT2D eigenvalue weighted by Crippen LogP contribution is -2.11. The highest BCUT2D eigenvalue weighted by Gasteiger charge is 2.19. The molecule has 7 heteroatoms. The van der Waals surface area contributed by atoms with Crippen LogP contribution in [-0.4, -0.2) is 29.4 Å². The molecule has 0 aliphatic rings. The first-order chi connectivity index (χ1) is 8.95. The molecule has 0 bridgehead atoms. The lowest BCUT2D eigenvalue weighted by Gasteiger charge is -2.13. The van der Waals surface area contributed by atoms with E-state index >= 15 is 0 Å². The Kier molecular flexibility index (Phi) is 2.31. The van der Waals surface area contributed by atoms with Crippen LogP contribution in [0.2, 0.25) is 0 Å². The Labute approximate surface area is 110 Å². The first kappa shape index (κ1) is 11.6. The standard InChI is InChI=1S/C12H15N7/c1-12(2,3)9-6-8-10(14-4-5-18(8)16-9)19-7-15-11(13)17-19/h4-7H,1-3H3,(H2,13,17). The number of anilines is 1. The summed E-state index contributed by atoms with van der Waals surface area (Å²) in [6.07, 6.45) is 5.04. The molecule has 3 aromatic rings. The Bertz CT molecular complexity index is 732. The highest BCUT2D eigenvalue weighted by molar-refractivity contribution is 5.61. The number of rotatable bonds is 1. The van der Waals surface area contributed by atoms with E-state index in [1.807, 2.05) is 12.3 Å². The molecule has 0 amide bonds. The second-order valence-electron chi connectivity index (χ2n) is 5.41. The smallest absolute Gasteiger partial charge is 0.239 e. The Hall–Kier alpha value is -2.44. The fourth-order valence-corrected chi connectivity index (χ4v) is 1.83. The number of aromatic nitrogens is 6. The van der Waals surface area contributed by atoms with Gasteiger partial charge in [0, 0.05) is 17.8 Å². The van der Waals surface area contributed by atoms with Gasteiger partial charge in [0.1, 0.15) is 11.8 Å². The number of hydrogen-bond acceptors (Lipinski definition) is 5. The third-order valence-electron chi connectivity index (χ3n) is 2.86. The van der Waals surface area contributed by atoms with Crippen LogP contribution >= 0.6 is 0 Å². The van der Waals surface area contributed by atoms with Gasteiger partial charge in [0.2, 0.25) is 5.95 Å². The van der Waals surface area contributed by atoms with Crippen molar-refractivity contribution in [2.75, 3.05) is 5.73 Å². The van der Waals surface area contributed by atoms with E-state index in [0.29, 0.717) is 5.82 Å². The Morgan fingerprint density at radius 1 is 1.16 bits per heavy atom. The van der Waals surface area contributed by atoms with Crippen molar-refractivity contribution < 1.29 is 0 Å². The van der Waals surface area contributed by atoms with E-state index in [2.05, 4.69) is 40.9 Å². The van der Waals surface area contributed by atoms with Gasteiger partial charge in [-0.2, -0.15) is 9.78 Å². The summed E-state index contributed by atoms with van der Waals surface area (Å²) in [5.41, 5.74) is 7.39. The van der Waals surface area contributed by atoms with Crippen LogP contribution in [0.15, 0.2) is 24.8 Å². The van der Waals surface area contributed by atoms with Crippen molar-refractivity contribution in [1.29, 1.82) is 0 Å². The summed E-state index contributed by atoms with van der Waals surface area (Å²) in [5, 5.41) is 8.64. The Morgan fingerprint density at radius 3 is 2.58 bits per heavy atom. The zero-order valence-electron chi connectivity index (χ0n) is 11.1. The number of nitrogen functional groups attached to an aromatic ring is 1. The Balaban J connectivity index is 2.23. The predicted octanol–water partition coefficient (Wildman–Crippen LogP) is 1.19. The van der Waals surface area contributed by atoms with Crippen molar-refractivity contribution in [3.05, 3.63) is 30.5 Å². The lowest BCUT2D eigenvalue weighted by molar-refractivity contribution is 0.562. The average molecular weight is 257 g/mol. The van der Waals surface area contributed by atoms with E-state index in [0.717, 1.165) is 11.2 Å². The normalized spacial score (nSPS) is 12.2. The van der Waals surface area contributed by atoms with E-state index in [1.54, 1.807) is 21.7 Å². The third kappa shape index (κ3) is 1.92. The second-order valence-corrected chi connectivity index (χ2v) is 5.41. The van der Waals surface area contributed by atoms with Crippen LogP contribution in [0.5, 0.6) is 0 Å². The maximum Gasteiger partial charge on any atom is 0.239 e. The lowest BCUT2D eigenvalue weighted by atomic mass is 9.92. The minimum absolute atomic E-state index is 0.0231. The highest BCUT2D eigenvalue weighted by atomic mass is 15.4. The molecule has 0 spiro atoms. The molecular weight excluding hydrogens is 242 g/mol. The summed E-state index contributed by atoms with van der Waals surface area (Å²) in [7, 11) is 0. The fourth-order valence-electron chi connectivity index (χ4n) is 1.83. The maximum absolute atomic E-state index is 5.54. The zero-order chi connectivity index (χ0) is 13.6. The van der Waals surface area contributed by atoms with E-state index in [4.69, 9.17) is 5.73 Å². The van der Waals surface area contributed by atoms with Crippen molar-refractivity contribution in [3.63, 3.8) is 0 Å². The zero-order valence-corrected chi connectivity index (χ0v) is 11.1. The van der Waals surface area contributed by atoms with Gasteiger partial charge in [0.25, 0.3) is 0 Å². The van der Waals surface area contributed by atoms with Crippen LogP contribution < -0.4 is 5.73 Å². The van der Waals surface area contributed by atoms with Gasteiger partial charge in [-0.05, 0) is 6.07 Å².